The van der Waals surface area contributed by atoms with Crippen LogP contribution in [0.4, 0.5) is 5.69 Å². The molecule has 0 aromatic carbocycles. The zero-order valence-electron chi connectivity index (χ0n) is 8.72. The van der Waals surface area contributed by atoms with Gasteiger partial charge in [-0.2, -0.15) is 10.4 Å². The third-order valence-corrected chi connectivity index (χ3v) is 3.45. The molecule has 0 saturated heterocycles. The lowest BCUT2D eigenvalue weighted by atomic mass is 10.4. The first kappa shape index (κ1) is 11.5. The molecule has 15 heavy (non-hydrogen) atoms. The SMILES string of the molecule is Cc1nn(C)cc1NS(=O)(=O)C(C)C#N. The minimum absolute atomic E-state index is 0.402. The predicted octanol–water partition coefficient (Wildman–Crippen LogP) is 0.382. The summed E-state index contributed by atoms with van der Waals surface area (Å²) in [5.41, 5.74) is 0.978. The van der Waals surface area contributed by atoms with Crippen molar-refractivity contribution >= 4 is 15.7 Å². The van der Waals surface area contributed by atoms with Crippen molar-refractivity contribution in [3.63, 3.8) is 0 Å². The molecule has 1 rings (SSSR count). The molecule has 1 unspecified atom stereocenters. The highest BCUT2D eigenvalue weighted by Crippen LogP contribution is 2.15. The summed E-state index contributed by atoms with van der Waals surface area (Å²) in [4.78, 5) is 0. The monoisotopic (exact) mass is 228 g/mol. The number of hydrogen-bond donors (Lipinski definition) is 1. The van der Waals surface area contributed by atoms with Gasteiger partial charge in [-0.3, -0.25) is 9.40 Å². The Morgan fingerprint density at radius 1 is 1.67 bits per heavy atom. The smallest absolute Gasteiger partial charge is 0.248 e. The molecule has 0 bridgehead atoms. The molecule has 1 aromatic rings. The molecule has 82 valence electrons. The summed E-state index contributed by atoms with van der Waals surface area (Å²) in [6.07, 6.45) is 1.55. The van der Waals surface area contributed by atoms with E-state index < -0.39 is 15.3 Å². The number of aromatic nitrogens is 2. The van der Waals surface area contributed by atoms with Crippen LogP contribution in [0.1, 0.15) is 12.6 Å². The summed E-state index contributed by atoms with van der Waals surface area (Å²) in [5.74, 6) is 0. The van der Waals surface area contributed by atoms with E-state index in [2.05, 4.69) is 9.82 Å². The van der Waals surface area contributed by atoms with Crippen LogP contribution in [0.2, 0.25) is 0 Å². The zero-order valence-corrected chi connectivity index (χ0v) is 9.54. The minimum Gasteiger partial charge on any atom is -0.279 e. The van der Waals surface area contributed by atoms with Crippen LogP contribution in [0.25, 0.3) is 0 Å². The largest absolute Gasteiger partial charge is 0.279 e. The summed E-state index contributed by atoms with van der Waals surface area (Å²) in [6.45, 7) is 3.02. The van der Waals surface area contributed by atoms with Crippen molar-refractivity contribution in [2.75, 3.05) is 4.72 Å². The Balaban J connectivity index is 2.98. The van der Waals surface area contributed by atoms with E-state index in [1.807, 2.05) is 0 Å². The molecule has 1 N–H and O–H groups in total. The average molecular weight is 228 g/mol. The maximum Gasteiger partial charge on any atom is 0.248 e. The van der Waals surface area contributed by atoms with Crippen molar-refractivity contribution in [1.82, 2.24) is 9.78 Å². The van der Waals surface area contributed by atoms with Crippen molar-refractivity contribution in [1.29, 1.82) is 5.26 Å². The second kappa shape index (κ2) is 3.90. The Bertz CT molecular complexity index is 497. The topological polar surface area (TPSA) is 87.8 Å². The lowest BCUT2D eigenvalue weighted by Crippen LogP contribution is -2.23. The number of anilines is 1. The van der Waals surface area contributed by atoms with Gasteiger partial charge in [-0.05, 0) is 13.8 Å². The van der Waals surface area contributed by atoms with E-state index in [0.717, 1.165) is 0 Å². The molecule has 0 spiro atoms. The number of rotatable bonds is 3. The van der Waals surface area contributed by atoms with Crippen LogP contribution < -0.4 is 4.72 Å². The second-order valence-corrected chi connectivity index (χ2v) is 5.22. The van der Waals surface area contributed by atoms with E-state index >= 15 is 0 Å². The van der Waals surface area contributed by atoms with E-state index in [-0.39, 0.29) is 0 Å². The number of nitriles is 1. The van der Waals surface area contributed by atoms with Crippen LogP contribution in [-0.2, 0) is 17.1 Å². The fraction of sp³-hybridized carbons (Fsp3) is 0.500. The maximum atomic E-state index is 11.5. The first-order valence-electron chi connectivity index (χ1n) is 4.28. The number of nitrogens with zero attached hydrogens (tertiary/aromatic N) is 3. The highest BCUT2D eigenvalue weighted by atomic mass is 32.2. The van der Waals surface area contributed by atoms with E-state index in [1.54, 1.807) is 26.2 Å². The Hall–Kier alpha value is -1.55. The van der Waals surface area contributed by atoms with Crippen molar-refractivity contribution in [3.05, 3.63) is 11.9 Å². The Morgan fingerprint density at radius 2 is 2.27 bits per heavy atom. The molecule has 1 aromatic heterocycles. The normalized spacial score (nSPS) is 13.2. The Morgan fingerprint density at radius 3 is 2.67 bits per heavy atom. The molecule has 1 heterocycles. The van der Waals surface area contributed by atoms with Gasteiger partial charge in [0.2, 0.25) is 10.0 Å². The third kappa shape index (κ3) is 2.47. The quantitative estimate of drug-likeness (QED) is 0.810. The minimum atomic E-state index is -3.64. The predicted molar refractivity (Wildman–Crippen MR) is 55.6 cm³/mol. The zero-order chi connectivity index (χ0) is 11.6. The standard InChI is InChI=1S/C8H12N4O2S/c1-6(4-9)15(13,14)11-8-5-12(3)10-7(8)2/h5-6,11H,1-3H3. The van der Waals surface area contributed by atoms with Gasteiger partial charge in [0, 0.05) is 13.2 Å². The average Bonchev–Trinajstić information content (AvgIpc) is 2.43. The fourth-order valence-corrected chi connectivity index (χ4v) is 1.83. The van der Waals surface area contributed by atoms with Gasteiger partial charge in [0.1, 0.15) is 0 Å². The first-order valence-corrected chi connectivity index (χ1v) is 5.83. The summed E-state index contributed by atoms with van der Waals surface area (Å²) in [5, 5.41) is 11.4. The van der Waals surface area contributed by atoms with Crippen LogP contribution in [-0.4, -0.2) is 23.4 Å². The first-order chi connectivity index (χ1) is 6.86. The van der Waals surface area contributed by atoms with Crippen LogP contribution >= 0.6 is 0 Å². The van der Waals surface area contributed by atoms with E-state index in [1.165, 1.54) is 11.6 Å². The summed E-state index contributed by atoms with van der Waals surface area (Å²) in [6, 6.07) is 1.67. The summed E-state index contributed by atoms with van der Waals surface area (Å²) < 4.78 is 26.9. The van der Waals surface area contributed by atoms with Crippen molar-refractivity contribution in [2.45, 2.75) is 19.1 Å². The molecule has 0 amide bonds. The molecule has 6 nitrogen and oxygen atoms in total. The van der Waals surface area contributed by atoms with Crippen molar-refractivity contribution in [3.8, 4) is 6.07 Å². The van der Waals surface area contributed by atoms with Gasteiger partial charge in [0.25, 0.3) is 0 Å². The third-order valence-electron chi connectivity index (χ3n) is 1.91. The van der Waals surface area contributed by atoms with Crippen LogP contribution in [0.5, 0.6) is 0 Å². The molecule has 0 fully saturated rings. The maximum absolute atomic E-state index is 11.5. The summed E-state index contributed by atoms with van der Waals surface area (Å²) >= 11 is 0. The highest BCUT2D eigenvalue weighted by Gasteiger charge is 2.21. The van der Waals surface area contributed by atoms with E-state index in [4.69, 9.17) is 5.26 Å². The van der Waals surface area contributed by atoms with Gasteiger partial charge in [-0.1, -0.05) is 0 Å². The molecule has 7 heteroatoms. The van der Waals surface area contributed by atoms with E-state index in [0.29, 0.717) is 11.4 Å². The van der Waals surface area contributed by atoms with E-state index in [9.17, 15) is 8.42 Å². The molecular weight excluding hydrogens is 216 g/mol. The lowest BCUT2D eigenvalue weighted by molar-refractivity contribution is 0.597. The van der Waals surface area contributed by atoms with Crippen LogP contribution in [0.3, 0.4) is 0 Å². The molecule has 1 atom stereocenters. The molecule has 0 aliphatic rings. The molecule has 0 aliphatic carbocycles. The highest BCUT2D eigenvalue weighted by molar-refractivity contribution is 7.93. The second-order valence-electron chi connectivity index (χ2n) is 3.22. The van der Waals surface area contributed by atoms with Gasteiger partial charge >= 0.3 is 0 Å². The molecular formula is C8H12N4O2S. The molecule has 0 saturated carbocycles. The van der Waals surface area contributed by atoms with Crippen molar-refractivity contribution < 1.29 is 8.42 Å². The number of nitrogens with one attached hydrogen (secondary N) is 1. The van der Waals surface area contributed by atoms with Gasteiger partial charge in [-0.25, -0.2) is 8.42 Å². The van der Waals surface area contributed by atoms with Gasteiger partial charge in [0.05, 0.1) is 17.5 Å². The Labute approximate surface area is 88.6 Å². The van der Waals surface area contributed by atoms with Crippen LogP contribution in [0, 0.1) is 18.3 Å². The van der Waals surface area contributed by atoms with Gasteiger partial charge in [0.15, 0.2) is 5.25 Å². The number of sulfonamides is 1. The van der Waals surface area contributed by atoms with Gasteiger partial charge < -0.3 is 0 Å². The van der Waals surface area contributed by atoms with Crippen molar-refractivity contribution in [2.24, 2.45) is 7.05 Å². The van der Waals surface area contributed by atoms with Gasteiger partial charge in [-0.15, -0.1) is 0 Å². The molecule has 0 aliphatic heterocycles. The lowest BCUT2D eigenvalue weighted by Gasteiger charge is -2.07. The molecule has 0 radical (unpaired) electrons. The Kier molecular flexibility index (Phi) is 3.00. The van der Waals surface area contributed by atoms with Crippen LogP contribution in [0.15, 0.2) is 6.20 Å². The number of aryl methyl sites for hydroxylation is 2. The number of hydrogen-bond acceptors (Lipinski definition) is 4. The fourth-order valence-electron chi connectivity index (χ4n) is 1.01. The summed E-state index contributed by atoms with van der Waals surface area (Å²) in [7, 11) is -1.94.